The minimum absolute atomic E-state index is 0.110. The van der Waals surface area contributed by atoms with Gasteiger partial charge in [-0.3, -0.25) is 4.79 Å². The molecular formula is C15H9F5O2. The third kappa shape index (κ3) is 3.60. The number of aldehydes is 1. The molecule has 2 aromatic carbocycles. The molecule has 0 aliphatic rings. The Hall–Kier alpha value is -2.44. The first-order valence-electron chi connectivity index (χ1n) is 6.03. The summed E-state index contributed by atoms with van der Waals surface area (Å²) in [5, 5.41) is 0. The number of hydrogen-bond donors (Lipinski definition) is 0. The van der Waals surface area contributed by atoms with Gasteiger partial charge in [-0.25, -0.2) is 0 Å². The fourth-order valence-electron chi connectivity index (χ4n) is 1.88. The maximum absolute atomic E-state index is 12.5. The highest BCUT2D eigenvalue weighted by molar-refractivity contribution is 5.81. The molecule has 0 unspecified atom stereocenters. The Kier molecular flexibility index (Phi) is 4.44. The molecule has 22 heavy (non-hydrogen) atoms. The van der Waals surface area contributed by atoms with Crippen LogP contribution in [0.2, 0.25) is 0 Å². The molecule has 2 aromatic rings. The molecule has 116 valence electrons. The second-order valence-electron chi connectivity index (χ2n) is 4.33. The third-order valence-corrected chi connectivity index (χ3v) is 2.88. The van der Waals surface area contributed by atoms with Gasteiger partial charge in [0.05, 0.1) is 5.56 Å². The van der Waals surface area contributed by atoms with Crippen LogP contribution in [0.4, 0.5) is 22.0 Å². The summed E-state index contributed by atoms with van der Waals surface area (Å²) in [6.45, 7) is -3.09. The maximum atomic E-state index is 12.5. The van der Waals surface area contributed by atoms with Crippen molar-refractivity contribution in [3.8, 4) is 16.9 Å². The molecule has 0 N–H and O–H groups in total. The van der Waals surface area contributed by atoms with E-state index in [0.717, 1.165) is 24.3 Å². The van der Waals surface area contributed by atoms with E-state index in [2.05, 4.69) is 4.74 Å². The number of halogens is 5. The van der Waals surface area contributed by atoms with Gasteiger partial charge in [0.2, 0.25) is 0 Å². The van der Waals surface area contributed by atoms with Crippen LogP contribution in [0.5, 0.6) is 5.75 Å². The Morgan fingerprint density at radius 2 is 1.64 bits per heavy atom. The van der Waals surface area contributed by atoms with E-state index in [1.54, 1.807) is 0 Å². The summed E-state index contributed by atoms with van der Waals surface area (Å²) in [5.74, 6) is -0.222. The summed E-state index contributed by atoms with van der Waals surface area (Å²) in [5.41, 5.74) is -0.332. The van der Waals surface area contributed by atoms with Gasteiger partial charge < -0.3 is 4.74 Å². The van der Waals surface area contributed by atoms with Crippen LogP contribution in [0.3, 0.4) is 0 Å². The fraction of sp³-hybridized carbons (Fsp3) is 0.133. The molecule has 7 heteroatoms. The predicted octanol–water partition coefficient (Wildman–Crippen LogP) is 4.79. The average molecular weight is 316 g/mol. The van der Waals surface area contributed by atoms with Crippen LogP contribution in [-0.4, -0.2) is 12.9 Å². The van der Waals surface area contributed by atoms with Crippen LogP contribution in [0.15, 0.2) is 42.5 Å². The van der Waals surface area contributed by atoms with Crippen molar-refractivity contribution < 1.29 is 31.5 Å². The first-order valence-corrected chi connectivity index (χ1v) is 6.03. The normalized spacial score (nSPS) is 11.5. The van der Waals surface area contributed by atoms with Crippen molar-refractivity contribution in [1.82, 2.24) is 0 Å². The van der Waals surface area contributed by atoms with Crippen LogP contribution in [-0.2, 0) is 6.18 Å². The summed E-state index contributed by atoms with van der Waals surface area (Å²) in [6.07, 6.45) is -3.99. The second kappa shape index (κ2) is 6.13. The summed E-state index contributed by atoms with van der Waals surface area (Å²) in [6, 6.07) is 7.63. The smallest absolute Gasteiger partial charge is 0.416 e. The van der Waals surface area contributed by atoms with E-state index in [1.165, 1.54) is 18.2 Å². The summed E-state index contributed by atoms with van der Waals surface area (Å²) in [7, 11) is 0. The average Bonchev–Trinajstić information content (AvgIpc) is 2.46. The van der Waals surface area contributed by atoms with Gasteiger partial charge in [0.25, 0.3) is 0 Å². The van der Waals surface area contributed by atoms with Crippen molar-refractivity contribution in [3.63, 3.8) is 0 Å². The zero-order valence-electron chi connectivity index (χ0n) is 10.9. The molecule has 2 nitrogen and oxygen atoms in total. The lowest BCUT2D eigenvalue weighted by Crippen LogP contribution is -2.05. The molecule has 0 aliphatic carbocycles. The number of ether oxygens (including phenoxy) is 1. The minimum Gasteiger partial charge on any atom is -0.434 e. The summed E-state index contributed by atoms with van der Waals surface area (Å²) < 4.78 is 66.6. The largest absolute Gasteiger partial charge is 0.434 e. The van der Waals surface area contributed by atoms with Gasteiger partial charge in [-0.1, -0.05) is 12.1 Å². The van der Waals surface area contributed by atoms with Crippen LogP contribution < -0.4 is 4.74 Å². The number of carbonyl (C=O) groups excluding carboxylic acids is 1. The molecule has 0 aliphatic heterocycles. The fourth-order valence-corrected chi connectivity index (χ4v) is 1.88. The molecule has 2 rings (SSSR count). The van der Waals surface area contributed by atoms with Gasteiger partial charge in [0.15, 0.2) is 0 Å². The van der Waals surface area contributed by atoms with E-state index >= 15 is 0 Å². The van der Waals surface area contributed by atoms with Crippen LogP contribution in [0, 0.1) is 0 Å². The topological polar surface area (TPSA) is 26.3 Å². The predicted molar refractivity (Wildman–Crippen MR) is 68.9 cm³/mol. The molecule has 0 saturated heterocycles. The highest BCUT2D eigenvalue weighted by Gasteiger charge is 2.30. The first-order chi connectivity index (χ1) is 10.3. The van der Waals surface area contributed by atoms with E-state index in [4.69, 9.17) is 0 Å². The van der Waals surface area contributed by atoms with Crippen molar-refractivity contribution in [2.45, 2.75) is 12.8 Å². The molecule has 0 atom stereocenters. The Morgan fingerprint density at radius 3 is 2.14 bits per heavy atom. The molecular weight excluding hydrogens is 307 g/mol. The van der Waals surface area contributed by atoms with Crippen LogP contribution in [0.25, 0.3) is 11.1 Å². The SMILES string of the molecule is O=Cc1ccc(OC(F)F)c(-c2ccc(C(F)(F)F)cc2)c1. The zero-order chi connectivity index (χ0) is 16.3. The molecule has 0 bridgehead atoms. The number of alkyl halides is 5. The Bertz CT molecular complexity index is 663. The van der Waals surface area contributed by atoms with Crippen molar-refractivity contribution in [2.75, 3.05) is 0 Å². The van der Waals surface area contributed by atoms with Crippen molar-refractivity contribution >= 4 is 6.29 Å². The van der Waals surface area contributed by atoms with Gasteiger partial charge in [-0.05, 0) is 35.9 Å². The molecule has 0 radical (unpaired) electrons. The van der Waals surface area contributed by atoms with Crippen molar-refractivity contribution in [3.05, 3.63) is 53.6 Å². The van der Waals surface area contributed by atoms with E-state index in [1.807, 2.05) is 0 Å². The van der Waals surface area contributed by atoms with Crippen molar-refractivity contribution in [1.29, 1.82) is 0 Å². The maximum Gasteiger partial charge on any atom is 0.416 e. The minimum atomic E-state index is -4.49. The molecule has 0 amide bonds. The first kappa shape index (κ1) is 15.9. The quantitative estimate of drug-likeness (QED) is 0.599. The van der Waals surface area contributed by atoms with Crippen molar-refractivity contribution in [2.24, 2.45) is 0 Å². The van der Waals surface area contributed by atoms with Gasteiger partial charge >= 0.3 is 12.8 Å². The monoisotopic (exact) mass is 316 g/mol. The van der Waals surface area contributed by atoms with E-state index < -0.39 is 18.4 Å². The second-order valence-corrected chi connectivity index (χ2v) is 4.33. The summed E-state index contributed by atoms with van der Waals surface area (Å²) >= 11 is 0. The number of hydrogen-bond acceptors (Lipinski definition) is 2. The van der Waals surface area contributed by atoms with Crippen LogP contribution in [0.1, 0.15) is 15.9 Å². The molecule has 0 aromatic heterocycles. The number of benzene rings is 2. The van der Waals surface area contributed by atoms with Crippen LogP contribution >= 0.6 is 0 Å². The van der Waals surface area contributed by atoms with E-state index in [-0.39, 0.29) is 22.4 Å². The number of carbonyl (C=O) groups is 1. The Morgan fingerprint density at radius 1 is 1.00 bits per heavy atom. The molecule has 0 saturated carbocycles. The van der Waals surface area contributed by atoms with E-state index in [9.17, 15) is 26.7 Å². The highest BCUT2D eigenvalue weighted by atomic mass is 19.4. The Labute approximate surface area is 122 Å². The van der Waals surface area contributed by atoms with Gasteiger partial charge in [-0.15, -0.1) is 0 Å². The zero-order valence-corrected chi connectivity index (χ0v) is 10.9. The lowest BCUT2D eigenvalue weighted by molar-refractivity contribution is -0.137. The standard InChI is InChI=1S/C15H9F5O2/c16-14(17)22-13-6-1-9(8-21)7-12(13)10-2-4-11(5-3-10)15(18,19)20/h1-8,14H. The van der Waals surface area contributed by atoms with Gasteiger partial charge in [0.1, 0.15) is 12.0 Å². The molecule has 0 fully saturated rings. The summed E-state index contributed by atoms with van der Waals surface area (Å²) in [4.78, 5) is 10.8. The highest BCUT2D eigenvalue weighted by Crippen LogP contribution is 2.35. The van der Waals surface area contributed by atoms with Gasteiger partial charge in [0, 0.05) is 11.1 Å². The molecule has 0 heterocycles. The third-order valence-electron chi connectivity index (χ3n) is 2.88. The van der Waals surface area contributed by atoms with Gasteiger partial charge in [-0.2, -0.15) is 22.0 Å². The molecule has 0 spiro atoms. The number of rotatable bonds is 4. The van der Waals surface area contributed by atoms with E-state index in [0.29, 0.717) is 6.29 Å². The lowest BCUT2D eigenvalue weighted by Gasteiger charge is -2.12. The lowest BCUT2D eigenvalue weighted by atomic mass is 10.0. The Balaban J connectivity index is 2.47.